The normalized spacial score (nSPS) is 12.9. The van der Waals surface area contributed by atoms with Crippen LogP contribution < -0.4 is 14.5 Å². The van der Waals surface area contributed by atoms with Crippen molar-refractivity contribution in [2.45, 2.75) is 78.6 Å². The molecule has 1 aliphatic rings. The van der Waals surface area contributed by atoms with Crippen LogP contribution in [0.3, 0.4) is 0 Å². The number of hydrogen-bond donors (Lipinski definition) is 0. The second-order valence-electron chi connectivity index (χ2n) is 22.5. The fourth-order valence-electron chi connectivity index (χ4n) is 10.0. The Kier molecular flexibility index (Phi) is 13.4. The first-order chi connectivity index (χ1) is 35.7. The molecule has 0 spiro atoms. The number of halogens is 4. The molecule has 76 heavy (non-hydrogen) atoms. The number of anilines is 4. The van der Waals surface area contributed by atoms with Crippen LogP contribution in [0.4, 0.5) is 40.3 Å². The van der Waals surface area contributed by atoms with Gasteiger partial charge in [0.2, 0.25) is 0 Å². The van der Waals surface area contributed by atoms with Gasteiger partial charge < -0.3 is 19.1 Å². The molecule has 0 amide bonds. The fourth-order valence-corrected chi connectivity index (χ4v) is 10.0. The van der Waals surface area contributed by atoms with Crippen LogP contribution in [0, 0.1) is 42.1 Å². The van der Waals surface area contributed by atoms with E-state index >= 15 is 17.6 Å². The van der Waals surface area contributed by atoms with E-state index in [9.17, 15) is 0 Å². The maximum absolute atomic E-state index is 15.1. The molecule has 1 aliphatic heterocycles. The summed E-state index contributed by atoms with van der Waals surface area (Å²) in [6.45, 7) is 21.7. The molecule has 3 heterocycles. The molecule has 2 aromatic heterocycles. The van der Waals surface area contributed by atoms with E-state index in [2.05, 4.69) is 134 Å². The van der Waals surface area contributed by atoms with Gasteiger partial charge in [-0.3, -0.25) is 0 Å². The van der Waals surface area contributed by atoms with Crippen molar-refractivity contribution in [1.29, 1.82) is 0 Å². The largest absolute Gasteiger partial charge is 0.509 e. The Morgan fingerprint density at radius 3 is 1.62 bits per heavy atom. The summed E-state index contributed by atoms with van der Waals surface area (Å²) in [7, 11) is 0. The molecule has 0 radical (unpaired) electrons. The van der Waals surface area contributed by atoms with Crippen molar-refractivity contribution in [2.75, 3.05) is 9.80 Å². The average molecular weight is 1190 g/mol. The van der Waals surface area contributed by atoms with Crippen LogP contribution in [0.25, 0.3) is 61.0 Å². The van der Waals surface area contributed by atoms with E-state index in [1.54, 1.807) is 18.2 Å². The van der Waals surface area contributed by atoms with Gasteiger partial charge in [0.15, 0.2) is 0 Å². The van der Waals surface area contributed by atoms with Crippen LogP contribution in [0.2, 0.25) is 0 Å². The summed E-state index contributed by atoms with van der Waals surface area (Å²) in [5, 5.41) is 2.06. The summed E-state index contributed by atoms with van der Waals surface area (Å²) >= 11 is 0. The van der Waals surface area contributed by atoms with Crippen molar-refractivity contribution in [3.05, 3.63) is 223 Å². The van der Waals surface area contributed by atoms with Gasteiger partial charge in [-0.05, 0) is 110 Å². The van der Waals surface area contributed by atoms with Crippen molar-refractivity contribution in [3.8, 4) is 50.7 Å². The fraction of sp³-hybridized carbons (Fsp3) is 0.182. The van der Waals surface area contributed by atoms with E-state index in [4.69, 9.17) is 9.72 Å². The van der Waals surface area contributed by atoms with Gasteiger partial charge in [-0.2, -0.15) is 6.07 Å². The Hall–Kier alpha value is -7.48. The molecule has 0 bridgehead atoms. The monoisotopic (exact) mass is 1190 g/mol. The second kappa shape index (κ2) is 19.6. The number of aromatic nitrogens is 2. The summed E-state index contributed by atoms with van der Waals surface area (Å²) in [5.41, 5.74) is 10.5. The predicted octanol–water partition coefficient (Wildman–Crippen LogP) is 18.4. The van der Waals surface area contributed by atoms with E-state index in [-0.39, 0.29) is 48.4 Å². The van der Waals surface area contributed by atoms with Gasteiger partial charge in [0.05, 0.1) is 0 Å². The average Bonchev–Trinajstić information content (AvgIpc) is 4.02. The standard InChI is InChI=1S/C66H55F4N4O.Pt/c1-64(2,3)44-23-24-71-62(34-44)74-58-18-11-10-15-56(58)57-22-21-52(38-61(57)74)75-53-32-41(40-25-45(65(4,5)6)33-46(26-40)66(7,8)9)31-51(37-53)72-39-73(60-20-13-12-19-59(60)72)63-54(42-27-47(67)35-48(68)28-42)16-14-17-55(63)43-29-49(69)36-50(70)30-43;/h10-36,39H,1-9H3;/q-3;. The van der Waals surface area contributed by atoms with Crippen LogP contribution in [-0.4, -0.2) is 9.55 Å². The number of para-hydroxylation sites is 4. The Bertz CT molecular complexity index is 3740. The molecule has 8 aromatic carbocycles. The predicted molar refractivity (Wildman–Crippen MR) is 296 cm³/mol. The Morgan fingerprint density at radius 1 is 0.474 bits per heavy atom. The van der Waals surface area contributed by atoms with Crippen molar-refractivity contribution in [2.24, 2.45) is 0 Å². The minimum atomic E-state index is -0.765. The Balaban J connectivity index is 0.00000657. The van der Waals surface area contributed by atoms with Crippen LogP contribution >= 0.6 is 0 Å². The minimum absolute atomic E-state index is 0. The molecular formula is C66H55F4N4OPt-3. The van der Waals surface area contributed by atoms with Gasteiger partial charge >= 0.3 is 0 Å². The van der Waals surface area contributed by atoms with E-state index in [0.717, 1.165) is 62.1 Å². The summed E-state index contributed by atoms with van der Waals surface area (Å²) in [5.74, 6) is -1.40. The summed E-state index contributed by atoms with van der Waals surface area (Å²) in [6, 6.07) is 54.2. The van der Waals surface area contributed by atoms with Gasteiger partial charge in [0.1, 0.15) is 29.1 Å². The summed E-state index contributed by atoms with van der Waals surface area (Å²) < 4.78 is 69.6. The minimum Gasteiger partial charge on any atom is -0.509 e. The zero-order valence-electron chi connectivity index (χ0n) is 43.7. The number of hydrogen-bond acceptors (Lipinski definition) is 4. The molecule has 0 aliphatic carbocycles. The van der Waals surface area contributed by atoms with E-state index < -0.39 is 23.3 Å². The third-order valence-electron chi connectivity index (χ3n) is 14.0. The summed E-state index contributed by atoms with van der Waals surface area (Å²) in [4.78, 5) is 8.77. The van der Waals surface area contributed by atoms with Gasteiger partial charge in [-0.1, -0.05) is 135 Å². The molecule has 386 valence electrons. The van der Waals surface area contributed by atoms with Gasteiger partial charge in [0, 0.05) is 84.6 Å². The van der Waals surface area contributed by atoms with Crippen LogP contribution in [0.15, 0.2) is 164 Å². The van der Waals surface area contributed by atoms with Crippen molar-refractivity contribution >= 4 is 44.6 Å². The molecule has 0 saturated carbocycles. The SMILES string of the molecule is CC(C)(C)c1cc(-c2cc(Oc3[c-]c4c(cc3)c3ccccc3n4-c3cc(C(C)(C)C)ccn3)[c-]c(N3[CH-]N(c4c(-c5cc(F)cc(F)c5)cccc4-c4cc(F)cc(F)c4)c4ccccc43)c2)cc(C(C)(C)C)c1.[Pt]. The molecule has 10 heteroatoms. The van der Waals surface area contributed by atoms with Crippen molar-refractivity contribution in [1.82, 2.24) is 9.55 Å². The molecular weight excluding hydrogens is 1140 g/mol. The van der Waals surface area contributed by atoms with Crippen LogP contribution in [0.5, 0.6) is 11.5 Å². The zero-order chi connectivity index (χ0) is 52.7. The third-order valence-corrected chi connectivity index (χ3v) is 14.0. The smallest absolute Gasteiger partial charge is 0.135 e. The maximum atomic E-state index is 15.1. The van der Waals surface area contributed by atoms with Crippen LogP contribution in [0.1, 0.15) is 79.0 Å². The zero-order valence-corrected chi connectivity index (χ0v) is 46.0. The number of benzene rings is 8. The number of fused-ring (bicyclic) bond motifs is 4. The molecule has 5 nitrogen and oxygen atoms in total. The first-order valence-electron chi connectivity index (χ1n) is 25.1. The molecule has 0 fully saturated rings. The Morgan fingerprint density at radius 2 is 1.03 bits per heavy atom. The topological polar surface area (TPSA) is 33.5 Å². The quantitative estimate of drug-likeness (QED) is 0.112. The van der Waals surface area contributed by atoms with Crippen molar-refractivity contribution < 1.29 is 43.4 Å². The van der Waals surface area contributed by atoms with Crippen LogP contribution in [-0.2, 0) is 37.3 Å². The van der Waals surface area contributed by atoms with E-state index in [0.29, 0.717) is 39.7 Å². The summed E-state index contributed by atoms with van der Waals surface area (Å²) in [6.07, 6.45) is 1.86. The first kappa shape index (κ1) is 52.0. The molecule has 0 saturated heterocycles. The number of nitrogens with zero attached hydrogens (tertiary/aromatic N) is 4. The molecule has 0 unspecified atom stereocenters. The maximum Gasteiger partial charge on any atom is 0.135 e. The first-order valence-corrected chi connectivity index (χ1v) is 25.1. The second-order valence-corrected chi connectivity index (χ2v) is 22.5. The number of ether oxygens (including phenoxy) is 1. The molecule has 10 aromatic rings. The molecule has 0 atom stereocenters. The number of pyridine rings is 1. The number of rotatable bonds is 8. The van der Waals surface area contributed by atoms with Gasteiger partial charge in [0.25, 0.3) is 0 Å². The van der Waals surface area contributed by atoms with E-state index in [1.807, 2.05) is 71.2 Å². The van der Waals surface area contributed by atoms with Gasteiger partial charge in [-0.25, -0.2) is 22.5 Å². The van der Waals surface area contributed by atoms with E-state index in [1.165, 1.54) is 35.4 Å². The molecule has 11 rings (SSSR count). The Labute approximate surface area is 456 Å². The van der Waals surface area contributed by atoms with Crippen molar-refractivity contribution in [3.63, 3.8) is 0 Å². The third kappa shape index (κ3) is 9.94. The molecule has 0 N–H and O–H groups in total. The van der Waals surface area contributed by atoms with Gasteiger partial charge in [-0.15, -0.1) is 53.6 Å².